The molecule has 0 bridgehead atoms. The topological polar surface area (TPSA) is 117 Å². The molecule has 2 amide bonds. The molecule has 1 aromatic heterocycles. The normalized spacial score (nSPS) is 12.2. The van der Waals surface area contributed by atoms with Gasteiger partial charge in [-0.25, -0.2) is 4.98 Å². The highest BCUT2D eigenvalue weighted by Gasteiger charge is 2.19. The largest absolute Gasteiger partial charge is 0.493 e. The zero-order chi connectivity index (χ0) is 22.7. The van der Waals surface area contributed by atoms with Crippen LogP contribution in [0.15, 0.2) is 24.3 Å². The highest BCUT2D eigenvalue weighted by molar-refractivity contribution is 7.22. The van der Waals surface area contributed by atoms with Crippen LogP contribution < -0.4 is 34.3 Å². The minimum Gasteiger partial charge on any atom is -0.493 e. The highest BCUT2D eigenvalue weighted by Crippen LogP contribution is 2.39. The standard InChI is InChI=1S/C21H21N3O7S/c1-27-15-6-11(7-16(28-2)19(15)29-3)20(26)22-10-18(25)24-21-23-12-8-13-14(9-17(12)32-21)31-5-4-30-13/h6-9H,4-5,10H2,1-3H3,(H,22,26)(H,23,24,25). The van der Waals surface area contributed by atoms with Gasteiger partial charge in [-0.2, -0.15) is 0 Å². The van der Waals surface area contributed by atoms with E-state index in [2.05, 4.69) is 15.6 Å². The van der Waals surface area contributed by atoms with Crippen molar-refractivity contribution in [3.8, 4) is 28.7 Å². The Bertz CT molecular complexity index is 1110. The summed E-state index contributed by atoms with van der Waals surface area (Å²) in [4.78, 5) is 29.3. The second-order valence-electron chi connectivity index (χ2n) is 6.63. The van der Waals surface area contributed by atoms with Gasteiger partial charge in [-0.15, -0.1) is 0 Å². The van der Waals surface area contributed by atoms with Gasteiger partial charge in [0.1, 0.15) is 13.2 Å². The monoisotopic (exact) mass is 459 g/mol. The zero-order valence-electron chi connectivity index (χ0n) is 17.6. The number of nitrogens with zero attached hydrogens (tertiary/aromatic N) is 1. The van der Waals surface area contributed by atoms with E-state index in [1.54, 1.807) is 6.07 Å². The summed E-state index contributed by atoms with van der Waals surface area (Å²) in [6, 6.07) is 6.63. The fourth-order valence-electron chi connectivity index (χ4n) is 3.16. The summed E-state index contributed by atoms with van der Waals surface area (Å²) in [6.07, 6.45) is 0. The molecule has 2 N–H and O–H groups in total. The summed E-state index contributed by atoms with van der Waals surface area (Å²) in [6.45, 7) is 0.735. The van der Waals surface area contributed by atoms with E-state index in [-0.39, 0.29) is 12.1 Å². The molecule has 168 valence electrons. The molecule has 0 unspecified atom stereocenters. The SMILES string of the molecule is COc1cc(C(=O)NCC(=O)Nc2nc3cc4c(cc3s2)OCCO4)cc(OC)c1OC. The molecule has 0 spiro atoms. The van der Waals surface area contributed by atoms with Crippen LogP contribution in [-0.4, -0.2) is 57.9 Å². The summed E-state index contributed by atoms with van der Waals surface area (Å²) < 4.78 is 27.7. The Morgan fingerprint density at radius 1 is 1.00 bits per heavy atom. The molecule has 0 saturated carbocycles. The molecule has 0 radical (unpaired) electrons. The van der Waals surface area contributed by atoms with Gasteiger partial charge in [0, 0.05) is 17.7 Å². The third-order valence-corrected chi connectivity index (χ3v) is 5.57. The van der Waals surface area contributed by atoms with Crippen LogP contribution in [0.3, 0.4) is 0 Å². The molecular formula is C21H21N3O7S. The summed E-state index contributed by atoms with van der Waals surface area (Å²) in [5.74, 6) is 1.45. The summed E-state index contributed by atoms with van der Waals surface area (Å²) >= 11 is 1.30. The Kier molecular flexibility index (Phi) is 6.17. The average molecular weight is 459 g/mol. The molecule has 0 saturated heterocycles. The predicted octanol–water partition coefficient (Wildman–Crippen LogP) is 2.46. The Hall–Kier alpha value is -3.73. The molecule has 1 aliphatic heterocycles. The fourth-order valence-corrected chi connectivity index (χ4v) is 4.05. The molecular weight excluding hydrogens is 438 g/mol. The molecule has 10 nitrogen and oxygen atoms in total. The van der Waals surface area contributed by atoms with E-state index in [0.29, 0.717) is 52.6 Å². The molecule has 32 heavy (non-hydrogen) atoms. The van der Waals surface area contributed by atoms with Crippen molar-refractivity contribution in [3.05, 3.63) is 29.8 Å². The second kappa shape index (κ2) is 9.18. The van der Waals surface area contributed by atoms with Gasteiger partial charge in [0.2, 0.25) is 11.7 Å². The number of carbonyl (C=O) groups excluding carboxylic acids is 2. The Morgan fingerprint density at radius 3 is 2.28 bits per heavy atom. The van der Waals surface area contributed by atoms with Gasteiger partial charge < -0.3 is 34.3 Å². The third-order valence-electron chi connectivity index (χ3n) is 4.64. The van der Waals surface area contributed by atoms with E-state index in [1.807, 2.05) is 6.07 Å². The van der Waals surface area contributed by atoms with Gasteiger partial charge in [0.05, 0.1) is 38.1 Å². The quantitative estimate of drug-likeness (QED) is 0.553. The maximum absolute atomic E-state index is 12.5. The average Bonchev–Trinajstić information content (AvgIpc) is 3.20. The van der Waals surface area contributed by atoms with Crippen LogP contribution >= 0.6 is 11.3 Å². The lowest BCUT2D eigenvalue weighted by molar-refractivity contribution is -0.115. The number of hydrogen-bond donors (Lipinski definition) is 2. The summed E-state index contributed by atoms with van der Waals surface area (Å²) in [7, 11) is 4.39. The number of nitrogens with one attached hydrogen (secondary N) is 2. The van der Waals surface area contributed by atoms with E-state index in [9.17, 15) is 9.59 Å². The van der Waals surface area contributed by atoms with Gasteiger partial charge in [-0.3, -0.25) is 9.59 Å². The molecule has 0 fully saturated rings. The Morgan fingerprint density at radius 2 is 1.66 bits per heavy atom. The number of anilines is 1. The van der Waals surface area contributed by atoms with Crippen molar-refractivity contribution in [3.63, 3.8) is 0 Å². The van der Waals surface area contributed by atoms with E-state index >= 15 is 0 Å². The molecule has 4 rings (SSSR count). The number of carbonyl (C=O) groups is 2. The number of thiazole rings is 1. The lowest BCUT2D eigenvalue weighted by Crippen LogP contribution is -2.32. The van der Waals surface area contributed by atoms with Gasteiger partial charge >= 0.3 is 0 Å². The first kappa shape index (κ1) is 21.5. The lowest BCUT2D eigenvalue weighted by atomic mass is 10.1. The molecule has 3 aromatic rings. The lowest BCUT2D eigenvalue weighted by Gasteiger charge is -2.17. The maximum atomic E-state index is 12.5. The number of fused-ring (bicyclic) bond motifs is 2. The Labute approximate surface area is 187 Å². The highest BCUT2D eigenvalue weighted by atomic mass is 32.1. The smallest absolute Gasteiger partial charge is 0.251 e. The minimum absolute atomic E-state index is 0.242. The van der Waals surface area contributed by atoms with Crippen LogP contribution in [0.25, 0.3) is 10.2 Å². The number of methoxy groups -OCH3 is 3. The van der Waals surface area contributed by atoms with Crippen LogP contribution in [-0.2, 0) is 4.79 Å². The van der Waals surface area contributed by atoms with E-state index in [1.165, 1.54) is 44.8 Å². The molecule has 0 aliphatic carbocycles. The van der Waals surface area contributed by atoms with E-state index in [4.69, 9.17) is 23.7 Å². The minimum atomic E-state index is -0.467. The first-order valence-corrected chi connectivity index (χ1v) is 10.4. The number of amides is 2. The van der Waals surface area contributed by atoms with Crippen molar-refractivity contribution in [2.24, 2.45) is 0 Å². The van der Waals surface area contributed by atoms with Gasteiger partial charge in [-0.05, 0) is 12.1 Å². The van der Waals surface area contributed by atoms with Crippen LogP contribution in [0.2, 0.25) is 0 Å². The summed E-state index contributed by atoms with van der Waals surface area (Å²) in [5, 5.41) is 5.68. The molecule has 2 heterocycles. The fraction of sp³-hybridized carbons (Fsp3) is 0.286. The van der Waals surface area contributed by atoms with Gasteiger partial charge in [-0.1, -0.05) is 11.3 Å². The van der Waals surface area contributed by atoms with Crippen molar-refractivity contribution in [2.75, 3.05) is 46.4 Å². The maximum Gasteiger partial charge on any atom is 0.251 e. The van der Waals surface area contributed by atoms with Crippen molar-refractivity contribution in [1.29, 1.82) is 0 Å². The van der Waals surface area contributed by atoms with Crippen LogP contribution in [0, 0.1) is 0 Å². The second-order valence-corrected chi connectivity index (χ2v) is 7.66. The molecule has 2 aromatic carbocycles. The van der Waals surface area contributed by atoms with Crippen LogP contribution in [0.1, 0.15) is 10.4 Å². The van der Waals surface area contributed by atoms with Crippen molar-refractivity contribution in [2.45, 2.75) is 0 Å². The van der Waals surface area contributed by atoms with Gasteiger partial charge in [0.25, 0.3) is 5.91 Å². The van der Waals surface area contributed by atoms with Gasteiger partial charge in [0.15, 0.2) is 28.1 Å². The Balaban J connectivity index is 1.41. The van der Waals surface area contributed by atoms with Crippen molar-refractivity contribution in [1.82, 2.24) is 10.3 Å². The van der Waals surface area contributed by atoms with Crippen molar-refractivity contribution >= 4 is 38.5 Å². The van der Waals surface area contributed by atoms with Crippen LogP contribution in [0.4, 0.5) is 5.13 Å². The third kappa shape index (κ3) is 4.33. The first-order valence-electron chi connectivity index (χ1n) is 9.60. The van der Waals surface area contributed by atoms with E-state index in [0.717, 1.165) is 4.70 Å². The number of rotatable bonds is 7. The van der Waals surface area contributed by atoms with Crippen LogP contribution in [0.5, 0.6) is 28.7 Å². The molecule has 11 heteroatoms. The number of ether oxygens (including phenoxy) is 5. The first-order chi connectivity index (χ1) is 15.5. The summed E-state index contributed by atoms with van der Waals surface area (Å²) in [5.41, 5.74) is 0.953. The zero-order valence-corrected chi connectivity index (χ0v) is 18.5. The number of hydrogen-bond acceptors (Lipinski definition) is 9. The number of benzene rings is 2. The predicted molar refractivity (Wildman–Crippen MR) is 118 cm³/mol. The van der Waals surface area contributed by atoms with Crippen molar-refractivity contribution < 1.29 is 33.3 Å². The molecule has 1 aliphatic rings. The van der Waals surface area contributed by atoms with E-state index < -0.39 is 11.8 Å². The molecule has 0 atom stereocenters. The number of aromatic nitrogens is 1.